The predicted octanol–water partition coefficient (Wildman–Crippen LogP) is 5.44. The highest BCUT2D eigenvalue weighted by molar-refractivity contribution is 8.93. The van der Waals surface area contributed by atoms with Crippen molar-refractivity contribution in [3.63, 3.8) is 0 Å². The van der Waals surface area contributed by atoms with Crippen molar-refractivity contribution in [2.24, 2.45) is 4.99 Å². The van der Waals surface area contributed by atoms with Crippen molar-refractivity contribution in [2.45, 2.75) is 26.3 Å². The molecule has 0 unspecified atom stereocenters. The van der Waals surface area contributed by atoms with E-state index in [0.29, 0.717) is 5.17 Å². The Hall–Kier alpha value is -2.12. The van der Waals surface area contributed by atoms with Crippen LogP contribution in [0.4, 0.5) is 5.69 Å². The van der Waals surface area contributed by atoms with Gasteiger partial charge in [-0.15, -0.1) is 17.0 Å². The molecule has 3 aromatic rings. The van der Waals surface area contributed by atoms with Crippen molar-refractivity contribution in [3.8, 4) is 0 Å². The van der Waals surface area contributed by atoms with Gasteiger partial charge >= 0.3 is 5.97 Å². The molecule has 28 heavy (non-hydrogen) atoms. The normalized spacial score (nSPS) is 11.9. The quantitative estimate of drug-likeness (QED) is 0.243. The molecule has 1 N–H and O–H groups in total. The highest BCUT2D eigenvalue weighted by atomic mass is 79.9. The van der Waals surface area contributed by atoms with E-state index in [2.05, 4.69) is 5.32 Å². The van der Waals surface area contributed by atoms with Crippen LogP contribution in [-0.4, -0.2) is 34.5 Å². The summed E-state index contributed by atoms with van der Waals surface area (Å²) >= 11 is 1.34. The van der Waals surface area contributed by atoms with Crippen molar-refractivity contribution in [3.05, 3.63) is 48.5 Å². The van der Waals surface area contributed by atoms with Crippen molar-refractivity contribution >= 4 is 67.4 Å². The summed E-state index contributed by atoms with van der Waals surface area (Å²) in [4.78, 5) is 21.1. The third-order valence-electron chi connectivity index (χ3n) is 3.81. The van der Waals surface area contributed by atoms with Gasteiger partial charge in [0.05, 0.1) is 35.1 Å². The zero-order valence-corrected chi connectivity index (χ0v) is 18.9. The van der Waals surface area contributed by atoms with E-state index in [0.717, 1.165) is 27.5 Å². The van der Waals surface area contributed by atoms with Gasteiger partial charge in [0, 0.05) is 10.8 Å². The summed E-state index contributed by atoms with van der Waals surface area (Å²) in [7, 11) is 1.39. The van der Waals surface area contributed by atoms with Crippen molar-refractivity contribution in [1.82, 2.24) is 4.98 Å². The van der Waals surface area contributed by atoms with Crippen LogP contribution < -0.4 is 5.32 Å². The molecule has 0 aliphatic heterocycles. The summed E-state index contributed by atoms with van der Waals surface area (Å²) < 4.78 is 4.77. The van der Waals surface area contributed by atoms with Crippen LogP contribution in [0, 0.1) is 0 Å². The lowest BCUT2D eigenvalue weighted by Crippen LogP contribution is -2.20. The minimum atomic E-state index is -0.288. The van der Waals surface area contributed by atoms with E-state index in [1.54, 1.807) is 0 Å². The Balaban J connectivity index is 0.00000280. The first kappa shape index (κ1) is 22.2. The second-order valence-corrected chi connectivity index (χ2v) is 8.06. The number of aromatic nitrogens is 1. The Morgan fingerprint density at radius 2 is 1.61 bits per heavy atom. The van der Waals surface area contributed by atoms with Crippen LogP contribution in [0.1, 0.15) is 20.8 Å². The minimum Gasteiger partial charge on any atom is -0.468 e. The number of thioether (sulfide) groups is 1. The Morgan fingerprint density at radius 1 is 1.07 bits per heavy atom. The number of methoxy groups -OCH3 is 1. The van der Waals surface area contributed by atoms with Gasteiger partial charge in [-0.2, -0.15) is 0 Å². The van der Waals surface area contributed by atoms with E-state index in [-0.39, 0.29) is 34.2 Å². The van der Waals surface area contributed by atoms with Crippen molar-refractivity contribution in [1.29, 1.82) is 0 Å². The SMILES string of the molecule is Br.COC(=O)CSC(=NC(C)(C)C)Nc1c2ccccc2nc2ccccc12. The topological polar surface area (TPSA) is 63.6 Å². The highest BCUT2D eigenvalue weighted by Crippen LogP contribution is 2.31. The third-order valence-corrected chi connectivity index (χ3v) is 4.66. The average molecular weight is 462 g/mol. The van der Waals surface area contributed by atoms with E-state index < -0.39 is 0 Å². The number of nitrogens with one attached hydrogen (secondary N) is 1. The van der Waals surface area contributed by atoms with E-state index in [9.17, 15) is 4.79 Å². The molecule has 0 spiro atoms. The van der Waals surface area contributed by atoms with Gasteiger partial charge in [-0.05, 0) is 32.9 Å². The molecule has 5 nitrogen and oxygen atoms in total. The molecule has 0 aliphatic carbocycles. The Labute approximate surface area is 179 Å². The fraction of sp³-hybridized carbons (Fsp3) is 0.286. The number of para-hydroxylation sites is 2. The predicted molar refractivity (Wildman–Crippen MR) is 125 cm³/mol. The molecule has 1 aromatic heterocycles. The Morgan fingerprint density at radius 3 is 2.11 bits per heavy atom. The number of hydrogen-bond donors (Lipinski definition) is 1. The summed E-state index contributed by atoms with van der Waals surface area (Å²) in [6.45, 7) is 6.07. The molecule has 7 heteroatoms. The number of aliphatic imine (C=N–C) groups is 1. The van der Waals surface area contributed by atoms with E-state index in [1.807, 2.05) is 69.3 Å². The number of carbonyl (C=O) groups excluding carboxylic acids is 1. The van der Waals surface area contributed by atoms with Crippen molar-refractivity contribution < 1.29 is 9.53 Å². The van der Waals surface area contributed by atoms with Gasteiger partial charge < -0.3 is 10.1 Å². The number of pyridine rings is 1. The highest BCUT2D eigenvalue weighted by Gasteiger charge is 2.16. The van der Waals surface area contributed by atoms with Gasteiger partial charge in [0.2, 0.25) is 0 Å². The number of anilines is 1. The number of ether oxygens (including phenoxy) is 1. The van der Waals surface area contributed by atoms with Crippen molar-refractivity contribution in [2.75, 3.05) is 18.2 Å². The molecule has 148 valence electrons. The fourth-order valence-electron chi connectivity index (χ4n) is 2.67. The first-order valence-corrected chi connectivity index (χ1v) is 9.70. The number of carbonyl (C=O) groups is 1. The number of halogens is 1. The van der Waals surface area contributed by atoms with Gasteiger partial charge in [-0.25, -0.2) is 4.98 Å². The number of fused-ring (bicyclic) bond motifs is 2. The molecular weight excluding hydrogens is 438 g/mol. The second-order valence-electron chi connectivity index (χ2n) is 7.10. The molecular formula is C21H24BrN3O2S. The molecule has 2 aromatic carbocycles. The molecule has 0 saturated carbocycles. The van der Waals surface area contributed by atoms with Crippen LogP contribution in [0.25, 0.3) is 21.8 Å². The summed E-state index contributed by atoms with van der Waals surface area (Å²) in [6.07, 6.45) is 0. The maximum atomic E-state index is 11.6. The molecule has 0 radical (unpaired) electrons. The lowest BCUT2D eigenvalue weighted by molar-refractivity contribution is -0.137. The lowest BCUT2D eigenvalue weighted by atomic mass is 10.1. The number of hydrogen-bond acceptors (Lipinski definition) is 5. The van der Waals surface area contributed by atoms with E-state index in [1.165, 1.54) is 18.9 Å². The van der Waals surface area contributed by atoms with Gasteiger partial charge in [0.1, 0.15) is 0 Å². The van der Waals surface area contributed by atoms with E-state index >= 15 is 0 Å². The number of amidine groups is 1. The first-order valence-electron chi connectivity index (χ1n) is 8.71. The molecule has 0 atom stereocenters. The summed E-state index contributed by atoms with van der Waals surface area (Å²) in [6, 6.07) is 16.0. The Bertz CT molecular complexity index is 961. The molecule has 0 bridgehead atoms. The van der Waals surface area contributed by atoms with E-state index in [4.69, 9.17) is 14.7 Å². The number of esters is 1. The molecule has 0 fully saturated rings. The van der Waals surface area contributed by atoms with Gasteiger partial charge in [-0.1, -0.05) is 48.2 Å². The maximum absolute atomic E-state index is 11.6. The van der Waals surface area contributed by atoms with Crippen LogP contribution >= 0.6 is 28.7 Å². The molecule has 0 saturated heterocycles. The fourth-order valence-corrected chi connectivity index (χ4v) is 3.55. The number of benzene rings is 2. The molecule has 0 amide bonds. The molecule has 0 aliphatic rings. The lowest BCUT2D eigenvalue weighted by Gasteiger charge is -2.19. The Kier molecular flexibility index (Phi) is 7.43. The standard InChI is InChI=1S/C21H23N3O2S.BrH/c1-21(2,3)24-20(27-13-18(25)26-4)23-19-14-9-5-7-11-16(14)22-17-12-8-6-10-15(17)19;/h5-12H,13H2,1-4H3,(H,22,23,24);1H. The summed E-state index contributed by atoms with van der Waals surface area (Å²) in [5.41, 5.74) is 2.47. The molecule has 1 heterocycles. The average Bonchev–Trinajstić information content (AvgIpc) is 2.64. The van der Waals surface area contributed by atoms with Crippen LogP contribution in [0.2, 0.25) is 0 Å². The second kappa shape index (κ2) is 9.39. The van der Waals surface area contributed by atoms with Crippen LogP contribution in [0.5, 0.6) is 0 Å². The summed E-state index contributed by atoms with van der Waals surface area (Å²) in [5, 5.41) is 6.16. The minimum absolute atomic E-state index is 0. The maximum Gasteiger partial charge on any atom is 0.316 e. The van der Waals surface area contributed by atoms with Gasteiger partial charge in [0.25, 0.3) is 0 Å². The van der Waals surface area contributed by atoms with Crippen LogP contribution in [0.15, 0.2) is 53.5 Å². The number of rotatable bonds is 3. The zero-order valence-electron chi connectivity index (χ0n) is 16.4. The summed E-state index contributed by atoms with van der Waals surface area (Å²) in [5.74, 6) is -0.0906. The van der Waals surface area contributed by atoms with Gasteiger partial charge in [0.15, 0.2) is 5.17 Å². The monoisotopic (exact) mass is 461 g/mol. The van der Waals surface area contributed by atoms with Crippen LogP contribution in [-0.2, 0) is 9.53 Å². The number of nitrogens with zero attached hydrogens (tertiary/aromatic N) is 2. The zero-order chi connectivity index (χ0) is 19.4. The van der Waals surface area contributed by atoms with Crippen LogP contribution in [0.3, 0.4) is 0 Å². The third kappa shape index (κ3) is 5.45. The first-order chi connectivity index (χ1) is 12.9. The smallest absolute Gasteiger partial charge is 0.316 e. The largest absolute Gasteiger partial charge is 0.468 e. The van der Waals surface area contributed by atoms with Gasteiger partial charge in [-0.3, -0.25) is 9.79 Å². The molecule has 3 rings (SSSR count).